The molecule has 1 heterocycles. The first-order valence-corrected chi connectivity index (χ1v) is 5.67. The van der Waals surface area contributed by atoms with Crippen LogP contribution >= 0.6 is 0 Å². The molecule has 1 radical (unpaired) electrons. The predicted octanol–water partition coefficient (Wildman–Crippen LogP) is 2.90. The zero-order valence-corrected chi connectivity index (χ0v) is 10.9. The second-order valence-corrected chi connectivity index (χ2v) is 4.09. The summed E-state index contributed by atoms with van der Waals surface area (Å²) in [5.41, 5.74) is 1.38. The van der Waals surface area contributed by atoms with Crippen LogP contribution in [0, 0.1) is 0 Å². The fourth-order valence-corrected chi connectivity index (χ4v) is 2.10. The number of aromatic hydroxyl groups is 1. The number of para-hydroxylation sites is 1. The van der Waals surface area contributed by atoms with Crippen LogP contribution in [0.3, 0.4) is 0 Å². The average Bonchev–Trinajstić information content (AvgIpc) is 2.40. The minimum Gasteiger partial charge on any atom is -0.506 e. The molecule has 3 rings (SSSR count). The summed E-state index contributed by atoms with van der Waals surface area (Å²) < 4.78 is 0. The first kappa shape index (κ1) is 13.4. The van der Waals surface area contributed by atoms with Crippen molar-refractivity contribution >= 4 is 10.9 Å². The molecule has 0 aliphatic carbocycles. The van der Waals surface area contributed by atoms with E-state index >= 15 is 0 Å². The van der Waals surface area contributed by atoms with Gasteiger partial charge in [-0.25, -0.2) is 0 Å². The molecular formula is C15H11CoNO2+2. The minimum atomic E-state index is -0.280. The van der Waals surface area contributed by atoms with Gasteiger partial charge >= 0.3 is 16.8 Å². The Hall–Kier alpha value is -2.04. The van der Waals surface area contributed by atoms with Crippen molar-refractivity contribution in [3.63, 3.8) is 0 Å². The molecule has 3 nitrogen and oxygen atoms in total. The zero-order valence-electron chi connectivity index (χ0n) is 9.88. The van der Waals surface area contributed by atoms with Crippen LogP contribution in [0.2, 0.25) is 0 Å². The molecule has 95 valence electrons. The molecule has 0 spiro atoms. The number of H-pyrrole nitrogens is 1. The minimum absolute atomic E-state index is 0. The molecule has 0 atom stereocenters. The Labute approximate surface area is 120 Å². The molecule has 2 aromatic carbocycles. The molecule has 19 heavy (non-hydrogen) atoms. The van der Waals surface area contributed by atoms with Gasteiger partial charge < -0.3 is 10.1 Å². The first-order chi connectivity index (χ1) is 8.77. The summed E-state index contributed by atoms with van der Waals surface area (Å²) in [6, 6.07) is 16.4. The largest absolute Gasteiger partial charge is 2.00 e. The van der Waals surface area contributed by atoms with E-state index in [-0.39, 0.29) is 28.1 Å². The van der Waals surface area contributed by atoms with Gasteiger partial charge in [-0.05, 0) is 17.7 Å². The standard InChI is InChI=1S/C15H11NO2.Co/c17-14-11-8-4-5-9-12(11)16-15(18)13(14)10-6-2-1-3-7-10;/h1-9H,(H2,16,17,18);/q;+2. The van der Waals surface area contributed by atoms with Crippen LogP contribution in [0.15, 0.2) is 59.4 Å². The van der Waals surface area contributed by atoms with Crippen LogP contribution in [-0.4, -0.2) is 10.1 Å². The number of aromatic amines is 1. The van der Waals surface area contributed by atoms with Gasteiger partial charge in [-0.15, -0.1) is 0 Å². The van der Waals surface area contributed by atoms with Crippen molar-refractivity contribution in [1.82, 2.24) is 4.98 Å². The smallest absolute Gasteiger partial charge is 0.506 e. The van der Waals surface area contributed by atoms with Crippen molar-refractivity contribution in [2.45, 2.75) is 0 Å². The van der Waals surface area contributed by atoms with E-state index < -0.39 is 0 Å². The number of rotatable bonds is 1. The quantitative estimate of drug-likeness (QED) is 0.725. The summed E-state index contributed by atoms with van der Waals surface area (Å²) in [7, 11) is 0. The molecule has 0 unspecified atom stereocenters. The molecule has 1 aromatic heterocycles. The molecule has 3 aromatic rings. The van der Waals surface area contributed by atoms with Gasteiger partial charge in [-0.2, -0.15) is 0 Å². The SMILES string of the molecule is O=c1[nH]c2ccccc2c(O)c1-c1ccccc1.[Co+2]. The number of pyridine rings is 1. The van der Waals surface area contributed by atoms with Crippen molar-refractivity contribution in [3.8, 4) is 16.9 Å². The average molecular weight is 296 g/mol. The maximum Gasteiger partial charge on any atom is 2.00 e. The van der Waals surface area contributed by atoms with Gasteiger partial charge in [0, 0.05) is 5.39 Å². The van der Waals surface area contributed by atoms with Crippen LogP contribution in [0.1, 0.15) is 0 Å². The number of fused-ring (bicyclic) bond motifs is 1. The summed E-state index contributed by atoms with van der Waals surface area (Å²) in [5.74, 6) is 0.0283. The fourth-order valence-electron chi connectivity index (χ4n) is 2.10. The predicted molar refractivity (Wildman–Crippen MR) is 71.7 cm³/mol. The Kier molecular flexibility index (Phi) is 3.73. The summed E-state index contributed by atoms with van der Waals surface area (Å²) in [4.78, 5) is 14.8. The Morgan fingerprint density at radius 1 is 0.895 bits per heavy atom. The Morgan fingerprint density at radius 2 is 1.53 bits per heavy atom. The first-order valence-electron chi connectivity index (χ1n) is 5.67. The molecule has 4 heteroatoms. The third kappa shape index (κ3) is 2.28. The van der Waals surface area contributed by atoms with Crippen LogP contribution in [-0.2, 0) is 16.8 Å². The van der Waals surface area contributed by atoms with E-state index in [0.29, 0.717) is 22.0 Å². The van der Waals surface area contributed by atoms with E-state index in [4.69, 9.17) is 0 Å². The summed E-state index contributed by atoms with van der Waals surface area (Å²) in [5, 5.41) is 10.9. The number of benzene rings is 2. The molecule has 0 saturated heterocycles. The van der Waals surface area contributed by atoms with Crippen molar-refractivity contribution in [3.05, 3.63) is 65.0 Å². The van der Waals surface area contributed by atoms with Gasteiger partial charge in [0.1, 0.15) is 5.75 Å². The second-order valence-electron chi connectivity index (χ2n) is 4.09. The monoisotopic (exact) mass is 296 g/mol. The van der Waals surface area contributed by atoms with Gasteiger partial charge in [0.2, 0.25) is 0 Å². The van der Waals surface area contributed by atoms with Gasteiger partial charge in [0.25, 0.3) is 5.56 Å². The van der Waals surface area contributed by atoms with Crippen molar-refractivity contribution in [2.75, 3.05) is 0 Å². The fraction of sp³-hybridized carbons (Fsp3) is 0. The van der Waals surface area contributed by atoms with Crippen LogP contribution in [0.25, 0.3) is 22.0 Å². The maximum atomic E-state index is 12.0. The van der Waals surface area contributed by atoms with E-state index in [2.05, 4.69) is 4.98 Å². The molecular weight excluding hydrogens is 285 g/mol. The molecule has 0 aliphatic heterocycles. The third-order valence-electron chi connectivity index (χ3n) is 2.96. The Balaban J connectivity index is 0.00000133. The summed E-state index contributed by atoms with van der Waals surface area (Å²) in [6.45, 7) is 0. The van der Waals surface area contributed by atoms with Gasteiger partial charge in [-0.1, -0.05) is 42.5 Å². The van der Waals surface area contributed by atoms with E-state index in [1.807, 2.05) is 30.3 Å². The Morgan fingerprint density at radius 3 is 2.26 bits per heavy atom. The van der Waals surface area contributed by atoms with Crippen molar-refractivity contribution < 1.29 is 21.9 Å². The van der Waals surface area contributed by atoms with Crippen LogP contribution in [0.5, 0.6) is 5.75 Å². The topological polar surface area (TPSA) is 53.1 Å². The van der Waals surface area contributed by atoms with Gasteiger partial charge in [0.05, 0.1) is 11.1 Å². The number of nitrogens with one attached hydrogen (secondary N) is 1. The third-order valence-corrected chi connectivity index (χ3v) is 2.96. The normalized spacial score (nSPS) is 10.1. The van der Waals surface area contributed by atoms with Gasteiger partial charge in [0.15, 0.2) is 0 Å². The van der Waals surface area contributed by atoms with Crippen LogP contribution in [0.4, 0.5) is 0 Å². The molecule has 0 amide bonds. The van der Waals surface area contributed by atoms with E-state index in [9.17, 15) is 9.90 Å². The van der Waals surface area contributed by atoms with Crippen LogP contribution < -0.4 is 5.56 Å². The van der Waals surface area contributed by atoms with E-state index in [1.54, 1.807) is 24.3 Å². The molecule has 0 fully saturated rings. The molecule has 2 N–H and O–H groups in total. The zero-order chi connectivity index (χ0) is 12.5. The van der Waals surface area contributed by atoms with Crippen molar-refractivity contribution in [1.29, 1.82) is 0 Å². The van der Waals surface area contributed by atoms with Crippen molar-refractivity contribution in [2.24, 2.45) is 0 Å². The van der Waals surface area contributed by atoms with E-state index in [0.717, 1.165) is 0 Å². The summed E-state index contributed by atoms with van der Waals surface area (Å²) >= 11 is 0. The maximum absolute atomic E-state index is 12.0. The Bertz CT molecular complexity index is 766. The van der Waals surface area contributed by atoms with E-state index in [1.165, 1.54) is 0 Å². The molecule has 0 saturated carbocycles. The molecule has 0 bridgehead atoms. The number of hydrogen-bond donors (Lipinski definition) is 2. The number of aromatic nitrogens is 1. The second kappa shape index (κ2) is 5.30. The number of hydrogen-bond acceptors (Lipinski definition) is 2. The summed E-state index contributed by atoms with van der Waals surface area (Å²) in [6.07, 6.45) is 0. The van der Waals surface area contributed by atoms with Gasteiger partial charge in [-0.3, -0.25) is 4.79 Å². The molecule has 0 aliphatic rings.